The van der Waals surface area contributed by atoms with Gasteiger partial charge in [0.25, 0.3) is 0 Å². The highest BCUT2D eigenvalue weighted by molar-refractivity contribution is 7.88. The fraction of sp³-hybridized carbons (Fsp3) is 0.625. The summed E-state index contributed by atoms with van der Waals surface area (Å²) in [4.78, 5) is 6.39. The maximum atomic E-state index is 12.5. The zero-order chi connectivity index (χ0) is 20.0. The van der Waals surface area contributed by atoms with Gasteiger partial charge in [-0.2, -0.15) is 4.31 Å². The minimum atomic E-state index is -3.41. The SMILES string of the molecule is CCc1nncn1CCNC(=NC)N1CCN(S(=O)(=O)Cc2ccon2)CC1. The summed E-state index contributed by atoms with van der Waals surface area (Å²) in [5.74, 6) is 1.57. The van der Waals surface area contributed by atoms with Crippen LogP contribution in [0.15, 0.2) is 28.2 Å². The van der Waals surface area contributed by atoms with E-state index in [-0.39, 0.29) is 5.75 Å². The van der Waals surface area contributed by atoms with Crippen LogP contribution in [0, 0.1) is 0 Å². The average molecular weight is 411 g/mol. The standard InChI is InChI=1S/C16H26N8O3S/c1-3-15-20-19-13-23(15)6-5-18-16(17-2)22-7-9-24(10-8-22)28(25,26)12-14-4-11-27-21-14/h4,11,13H,3,5-10,12H2,1-2H3,(H,17,18). The Morgan fingerprint density at radius 3 is 2.75 bits per heavy atom. The lowest BCUT2D eigenvalue weighted by Crippen LogP contribution is -2.54. The topological polar surface area (TPSA) is 122 Å². The molecule has 0 spiro atoms. The summed E-state index contributed by atoms with van der Waals surface area (Å²) in [5.41, 5.74) is 0.417. The molecule has 0 saturated carbocycles. The Kier molecular flexibility index (Phi) is 6.62. The summed E-state index contributed by atoms with van der Waals surface area (Å²) >= 11 is 0. The van der Waals surface area contributed by atoms with Gasteiger partial charge in [0.1, 0.15) is 24.2 Å². The van der Waals surface area contributed by atoms with Gasteiger partial charge in [0.05, 0.1) is 5.69 Å². The van der Waals surface area contributed by atoms with E-state index in [1.807, 2.05) is 11.5 Å². The first-order chi connectivity index (χ1) is 13.5. The zero-order valence-electron chi connectivity index (χ0n) is 16.2. The van der Waals surface area contributed by atoms with Gasteiger partial charge in [0, 0.05) is 58.8 Å². The molecule has 1 aliphatic rings. The summed E-state index contributed by atoms with van der Waals surface area (Å²) in [5, 5.41) is 15.0. The van der Waals surface area contributed by atoms with Crippen molar-refractivity contribution < 1.29 is 12.9 Å². The van der Waals surface area contributed by atoms with E-state index in [2.05, 4.69) is 30.6 Å². The van der Waals surface area contributed by atoms with Crippen LogP contribution < -0.4 is 5.32 Å². The highest BCUT2D eigenvalue weighted by atomic mass is 32.2. The molecule has 11 nitrogen and oxygen atoms in total. The van der Waals surface area contributed by atoms with Gasteiger partial charge in [-0.25, -0.2) is 8.42 Å². The fourth-order valence-electron chi connectivity index (χ4n) is 3.13. The van der Waals surface area contributed by atoms with E-state index in [0.717, 1.165) is 24.7 Å². The van der Waals surface area contributed by atoms with E-state index >= 15 is 0 Å². The Morgan fingerprint density at radius 1 is 1.32 bits per heavy atom. The lowest BCUT2D eigenvalue weighted by molar-refractivity contribution is 0.259. The van der Waals surface area contributed by atoms with Crippen molar-refractivity contribution in [2.75, 3.05) is 39.8 Å². The Bertz CT molecular complexity index is 870. The number of hydrogen-bond donors (Lipinski definition) is 1. The van der Waals surface area contributed by atoms with Crippen LogP contribution in [0.4, 0.5) is 0 Å². The molecule has 3 rings (SSSR count). The van der Waals surface area contributed by atoms with Gasteiger partial charge in [0.2, 0.25) is 10.0 Å². The predicted octanol–water partition coefficient (Wildman–Crippen LogP) is -0.448. The van der Waals surface area contributed by atoms with E-state index in [1.165, 1.54) is 10.6 Å². The van der Waals surface area contributed by atoms with Crippen molar-refractivity contribution in [2.45, 2.75) is 25.6 Å². The first-order valence-corrected chi connectivity index (χ1v) is 10.8. The molecule has 2 aromatic heterocycles. The molecule has 0 unspecified atom stereocenters. The lowest BCUT2D eigenvalue weighted by Gasteiger charge is -2.35. The third-order valence-electron chi connectivity index (χ3n) is 4.61. The number of rotatable bonds is 7. The van der Waals surface area contributed by atoms with Crippen LogP contribution in [0.2, 0.25) is 0 Å². The average Bonchev–Trinajstić information content (AvgIpc) is 3.36. The smallest absolute Gasteiger partial charge is 0.220 e. The van der Waals surface area contributed by atoms with E-state index in [4.69, 9.17) is 4.52 Å². The van der Waals surface area contributed by atoms with Gasteiger partial charge < -0.3 is 19.3 Å². The second-order valence-electron chi connectivity index (χ2n) is 6.40. The zero-order valence-corrected chi connectivity index (χ0v) is 17.0. The number of aryl methyl sites for hydroxylation is 1. The lowest BCUT2D eigenvalue weighted by atomic mass is 10.4. The molecule has 12 heteroatoms. The van der Waals surface area contributed by atoms with Crippen LogP contribution in [-0.4, -0.2) is 83.3 Å². The number of nitrogens with one attached hydrogen (secondary N) is 1. The monoisotopic (exact) mass is 410 g/mol. The van der Waals surface area contributed by atoms with E-state index in [9.17, 15) is 8.42 Å². The third kappa shape index (κ3) is 4.87. The normalized spacial score (nSPS) is 16.5. The fourth-order valence-corrected chi connectivity index (χ4v) is 4.55. The number of guanidine groups is 1. The number of aliphatic imine (C=N–C) groups is 1. The van der Waals surface area contributed by atoms with Crippen LogP contribution in [0.1, 0.15) is 18.4 Å². The number of sulfonamides is 1. The van der Waals surface area contributed by atoms with Gasteiger partial charge in [-0.15, -0.1) is 10.2 Å². The quantitative estimate of drug-likeness (QED) is 0.481. The van der Waals surface area contributed by atoms with Crippen molar-refractivity contribution in [1.29, 1.82) is 0 Å². The molecule has 1 fully saturated rings. The second-order valence-corrected chi connectivity index (χ2v) is 8.37. The summed E-state index contributed by atoms with van der Waals surface area (Å²) in [6.07, 6.45) is 3.93. The molecule has 0 bridgehead atoms. The molecule has 154 valence electrons. The van der Waals surface area contributed by atoms with Gasteiger partial charge in [0.15, 0.2) is 5.96 Å². The molecule has 1 saturated heterocycles. The maximum Gasteiger partial charge on any atom is 0.220 e. The number of piperazine rings is 1. The maximum absolute atomic E-state index is 12.5. The molecule has 0 atom stereocenters. The molecular formula is C16H26N8O3S. The van der Waals surface area contributed by atoms with Crippen LogP contribution in [0.3, 0.4) is 0 Å². The molecular weight excluding hydrogens is 384 g/mol. The van der Waals surface area contributed by atoms with Crippen molar-refractivity contribution >= 4 is 16.0 Å². The van der Waals surface area contributed by atoms with Crippen molar-refractivity contribution in [3.63, 3.8) is 0 Å². The number of aromatic nitrogens is 4. The van der Waals surface area contributed by atoms with Gasteiger partial charge in [-0.05, 0) is 0 Å². The van der Waals surface area contributed by atoms with Crippen LogP contribution in [-0.2, 0) is 28.7 Å². The molecule has 0 radical (unpaired) electrons. The largest absolute Gasteiger partial charge is 0.364 e. The van der Waals surface area contributed by atoms with Gasteiger partial charge in [-0.1, -0.05) is 12.1 Å². The van der Waals surface area contributed by atoms with Crippen molar-refractivity contribution in [3.05, 3.63) is 30.2 Å². The number of hydrogen-bond acceptors (Lipinski definition) is 7. The van der Waals surface area contributed by atoms with Crippen molar-refractivity contribution in [3.8, 4) is 0 Å². The van der Waals surface area contributed by atoms with E-state index in [0.29, 0.717) is 38.4 Å². The molecule has 2 aromatic rings. The third-order valence-corrected chi connectivity index (χ3v) is 6.43. The van der Waals surface area contributed by atoms with Crippen LogP contribution in [0.5, 0.6) is 0 Å². The Labute approximate surface area is 164 Å². The van der Waals surface area contributed by atoms with E-state index < -0.39 is 10.0 Å². The predicted molar refractivity (Wildman–Crippen MR) is 103 cm³/mol. The first kappa shape index (κ1) is 20.3. The molecule has 0 aliphatic carbocycles. The minimum absolute atomic E-state index is 0.144. The van der Waals surface area contributed by atoms with Crippen LogP contribution in [0.25, 0.3) is 0 Å². The Balaban J connectivity index is 1.48. The Hall–Kier alpha value is -2.47. The highest BCUT2D eigenvalue weighted by Gasteiger charge is 2.28. The number of nitrogens with zero attached hydrogens (tertiary/aromatic N) is 7. The summed E-state index contributed by atoms with van der Waals surface area (Å²) in [7, 11) is -1.68. The van der Waals surface area contributed by atoms with Crippen molar-refractivity contribution in [2.24, 2.45) is 4.99 Å². The molecule has 0 amide bonds. The first-order valence-electron chi connectivity index (χ1n) is 9.23. The molecule has 0 aromatic carbocycles. The summed E-state index contributed by atoms with van der Waals surface area (Å²) in [6, 6.07) is 1.57. The highest BCUT2D eigenvalue weighted by Crippen LogP contribution is 2.12. The minimum Gasteiger partial charge on any atom is -0.364 e. The summed E-state index contributed by atoms with van der Waals surface area (Å²) in [6.45, 7) is 5.43. The van der Waals surface area contributed by atoms with E-state index in [1.54, 1.807) is 19.4 Å². The molecule has 1 aliphatic heterocycles. The second kappa shape index (κ2) is 9.15. The molecule has 3 heterocycles. The summed E-state index contributed by atoms with van der Waals surface area (Å²) < 4.78 is 33.3. The van der Waals surface area contributed by atoms with Gasteiger partial charge >= 0.3 is 0 Å². The molecule has 28 heavy (non-hydrogen) atoms. The van der Waals surface area contributed by atoms with Crippen molar-refractivity contribution in [1.82, 2.24) is 34.4 Å². The van der Waals surface area contributed by atoms with Crippen LogP contribution >= 0.6 is 0 Å². The molecule has 1 N–H and O–H groups in total. The Morgan fingerprint density at radius 2 is 2.11 bits per heavy atom. The van der Waals surface area contributed by atoms with Gasteiger partial charge in [-0.3, -0.25) is 4.99 Å².